The average molecular weight is 153 g/mol. The Kier molecular flexibility index (Phi) is 106. The first-order valence-corrected chi connectivity index (χ1v) is 1.37. The lowest BCUT2D eigenvalue weighted by Crippen LogP contribution is -1.25. The van der Waals surface area contributed by atoms with Gasteiger partial charge in [-0.3, -0.25) is 0 Å². The minimum atomic E-state index is 0. The molecule has 0 saturated carbocycles. The molecule has 0 aliphatic rings. The molecule has 0 atom stereocenters. The summed E-state index contributed by atoms with van der Waals surface area (Å²) in [4.78, 5) is 0. The van der Waals surface area contributed by atoms with E-state index in [-0.39, 0.29) is 13.5 Å². The third kappa shape index (κ3) is 99.5. The molecule has 6 heavy (non-hydrogen) atoms. The maximum atomic E-state index is 7.00. The van der Waals surface area contributed by atoms with E-state index in [1.54, 1.807) is 0 Å². The standard InChI is InChI=1S/CH4O.Cl2O.H2S/c1-2;1-3-2;/h2H,1H3;;1H2. The van der Waals surface area contributed by atoms with Gasteiger partial charge in [0, 0.05) is 7.11 Å². The van der Waals surface area contributed by atoms with Crippen LogP contribution in [0.2, 0.25) is 0 Å². The van der Waals surface area contributed by atoms with Gasteiger partial charge in [-0.15, -0.1) is 0 Å². The molecule has 0 aliphatic heterocycles. The van der Waals surface area contributed by atoms with Crippen LogP contribution in [-0.4, -0.2) is 12.2 Å². The van der Waals surface area contributed by atoms with Gasteiger partial charge >= 0.3 is 0 Å². The fraction of sp³-hybridized carbons (Fsp3) is 1.00. The van der Waals surface area contributed by atoms with Crippen molar-refractivity contribution in [2.45, 2.75) is 0 Å². The SMILES string of the molecule is CO.ClOCl.S. The average Bonchev–Trinajstić information content (AvgIpc) is 1.46. The maximum Gasteiger partial charge on any atom is 0.0832 e. The Hall–Kier alpha value is 0.850. The first-order valence-electron chi connectivity index (χ1n) is 0.756. The van der Waals surface area contributed by atoms with Gasteiger partial charge in [0.25, 0.3) is 0 Å². The minimum Gasteiger partial charge on any atom is -0.400 e. The molecule has 0 fully saturated rings. The highest BCUT2D eigenvalue weighted by molar-refractivity contribution is 7.59. The van der Waals surface area contributed by atoms with Crippen LogP contribution in [0.1, 0.15) is 0 Å². The molecule has 0 bridgehead atoms. The summed E-state index contributed by atoms with van der Waals surface area (Å²) in [7, 11) is 1.00. The van der Waals surface area contributed by atoms with E-state index in [4.69, 9.17) is 5.11 Å². The van der Waals surface area contributed by atoms with Gasteiger partial charge in [0.1, 0.15) is 0 Å². The van der Waals surface area contributed by atoms with Crippen LogP contribution in [0.3, 0.4) is 0 Å². The monoisotopic (exact) mass is 152 g/mol. The summed E-state index contributed by atoms with van der Waals surface area (Å²) in [5.74, 6) is 0. The molecule has 2 nitrogen and oxygen atoms in total. The second-order valence-electron chi connectivity index (χ2n) is 0.0583. The van der Waals surface area contributed by atoms with E-state index in [9.17, 15) is 0 Å². The van der Waals surface area contributed by atoms with Crippen LogP contribution >= 0.6 is 37.2 Å². The molecule has 1 N–H and O–H groups in total. The first kappa shape index (κ1) is 15.8. The lowest BCUT2D eigenvalue weighted by Gasteiger charge is -1.46. The molecule has 0 unspecified atom stereocenters. The zero-order chi connectivity index (χ0) is 4.71. The fourth-order valence-electron chi connectivity index (χ4n) is 0. The normalized spacial score (nSPS) is 4.00. The van der Waals surface area contributed by atoms with E-state index in [1.165, 1.54) is 0 Å². The summed E-state index contributed by atoms with van der Waals surface area (Å²) in [6, 6.07) is 0. The van der Waals surface area contributed by atoms with Crippen LogP contribution in [0.15, 0.2) is 0 Å². The molecule has 5 heteroatoms. The quantitative estimate of drug-likeness (QED) is 0.563. The second kappa shape index (κ2) is 40.2. The second-order valence-corrected chi connectivity index (χ2v) is 0.525. The minimum absolute atomic E-state index is 0. The van der Waals surface area contributed by atoms with Gasteiger partial charge in [-0.2, -0.15) is 17.3 Å². The molecule has 0 aliphatic carbocycles. The number of hydrogen-bond donors (Lipinski definition) is 1. The van der Waals surface area contributed by atoms with Crippen molar-refractivity contribution in [1.82, 2.24) is 0 Å². The predicted octanol–water partition coefficient (Wildman–Crippen LogP) is 1.03. The third-order valence-corrected chi connectivity index (χ3v) is 0. The van der Waals surface area contributed by atoms with Gasteiger partial charge < -0.3 is 5.11 Å². The number of aliphatic hydroxyl groups excluding tert-OH is 1. The number of aliphatic hydroxyl groups is 1. The summed E-state index contributed by atoms with van der Waals surface area (Å²) in [5.41, 5.74) is 0. The molecule has 0 radical (unpaired) electrons. The van der Waals surface area contributed by atoms with E-state index in [0.29, 0.717) is 0 Å². The molecule has 0 heterocycles. The van der Waals surface area contributed by atoms with E-state index in [2.05, 4.69) is 27.6 Å². The molecule has 0 saturated heterocycles. The lowest BCUT2D eigenvalue weighted by atomic mass is 11.8. The van der Waals surface area contributed by atoms with Crippen molar-refractivity contribution in [2.24, 2.45) is 0 Å². The smallest absolute Gasteiger partial charge is 0.0832 e. The molecule has 0 aromatic heterocycles. The van der Waals surface area contributed by atoms with Gasteiger partial charge in [-0.25, -0.2) is 0 Å². The molecule has 0 aromatic carbocycles. The summed E-state index contributed by atoms with van der Waals surface area (Å²) in [6.07, 6.45) is 0. The van der Waals surface area contributed by atoms with Crippen molar-refractivity contribution in [3.63, 3.8) is 0 Å². The predicted molar refractivity (Wildman–Crippen MR) is 31.3 cm³/mol. The van der Waals surface area contributed by atoms with Gasteiger partial charge in [0.15, 0.2) is 0 Å². The van der Waals surface area contributed by atoms with Crippen molar-refractivity contribution in [3.05, 3.63) is 0 Å². The largest absolute Gasteiger partial charge is 0.400 e. The topological polar surface area (TPSA) is 29.5 Å². The van der Waals surface area contributed by atoms with Crippen LogP contribution in [0, 0.1) is 0 Å². The Balaban J connectivity index is -0.0000000275. The number of rotatable bonds is 0. The Morgan fingerprint density at radius 2 is 1.33 bits per heavy atom. The van der Waals surface area contributed by atoms with Crippen LogP contribution in [0.5, 0.6) is 0 Å². The van der Waals surface area contributed by atoms with Gasteiger partial charge in [-0.05, 0) is 0 Å². The molecular formula is CH6Cl2O2S. The van der Waals surface area contributed by atoms with E-state index < -0.39 is 0 Å². The van der Waals surface area contributed by atoms with Crippen LogP contribution in [0.4, 0.5) is 0 Å². The highest BCUT2D eigenvalue weighted by Gasteiger charge is 1.38. The third-order valence-electron chi connectivity index (χ3n) is 0. The summed E-state index contributed by atoms with van der Waals surface area (Å²) >= 11 is 8.53. The van der Waals surface area contributed by atoms with Gasteiger partial charge in [-0.1, -0.05) is 0 Å². The zero-order valence-corrected chi connectivity index (χ0v) is 5.62. The van der Waals surface area contributed by atoms with E-state index >= 15 is 0 Å². The summed E-state index contributed by atoms with van der Waals surface area (Å²) < 4.78 is 3.19. The maximum absolute atomic E-state index is 7.00. The highest BCUT2D eigenvalue weighted by Crippen LogP contribution is 1.78. The fourth-order valence-corrected chi connectivity index (χ4v) is 0. The Morgan fingerprint density at radius 1 is 1.33 bits per heavy atom. The zero-order valence-electron chi connectivity index (χ0n) is 3.11. The molecule has 0 spiro atoms. The van der Waals surface area contributed by atoms with Gasteiger partial charge in [0.05, 0.1) is 23.7 Å². The number of hydrogen-bond acceptors (Lipinski definition) is 2. The van der Waals surface area contributed by atoms with Crippen molar-refractivity contribution >= 4 is 37.2 Å². The lowest BCUT2D eigenvalue weighted by molar-refractivity contribution is 0.399. The van der Waals surface area contributed by atoms with Crippen LogP contribution in [-0.2, 0) is 3.84 Å². The van der Waals surface area contributed by atoms with Crippen molar-refractivity contribution in [3.8, 4) is 0 Å². The van der Waals surface area contributed by atoms with Crippen molar-refractivity contribution < 1.29 is 8.95 Å². The summed E-state index contributed by atoms with van der Waals surface area (Å²) in [5, 5.41) is 7.00. The van der Waals surface area contributed by atoms with Crippen molar-refractivity contribution in [1.29, 1.82) is 0 Å². The summed E-state index contributed by atoms with van der Waals surface area (Å²) in [6.45, 7) is 0. The van der Waals surface area contributed by atoms with Crippen molar-refractivity contribution in [2.75, 3.05) is 7.11 Å². The molecule has 42 valence electrons. The molecular weight excluding hydrogens is 147 g/mol. The number of halogens is 2. The van der Waals surface area contributed by atoms with Gasteiger partial charge in [0.2, 0.25) is 0 Å². The Morgan fingerprint density at radius 3 is 1.33 bits per heavy atom. The van der Waals surface area contributed by atoms with Crippen LogP contribution in [0.25, 0.3) is 0 Å². The van der Waals surface area contributed by atoms with Crippen LogP contribution < -0.4 is 0 Å². The van der Waals surface area contributed by atoms with E-state index in [0.717, 1.165) is 7.11 Å². The van der Waals surface area contributed by atoms with E-state index in [1.807, 2.05) is 0 Å². The molecule has 0 rings (SSSR count). The molecule has 0 aromatic rings. The first-order chi connectivity index (χ1) is 2.41. The molecule has 0 amide bonds. The highest BCUT2D eigenvalue weighted by atomic mass is 35.6. The Labute approximate surface area is 53.8 Å². The Bertz CT molecular complexity index is 11.5.